The van der Waals surface area contributed by atoms with Crippen molar-refractivity contribution in [1.29, 1.82) is 0 Å². The molecular formula is C17H12F2N2O3. The van der Waals surface area contributed by atoms with Gasteiger partial charge in [-0.25, -0.2) is 13.6 Å². The number of benzene rings is 2. The van der Waals surface area contributed by atoms with Crippen LogP contribution < -0.4 is 0 Å². The second-order valence-electron chi connectivity index (χ2n) is 5.02. The average molecular weight is 330 g/mol. The number of carbonyl (C=O) groups excluding carboxylic acids is 1. The summed E-state index contributed by atoms with van der Waals surface area (Å²) >= 11 is 0. The lowest BCUT2D eigenvalue weighted by molar-refractivity contribution is 0.0278. The van der Waals surface area contributed by atoms with Gasteiger partial charge in [0.25, 0.3) is 5.89 Å². The molecule has 3 rings (SSSR count). The van der Waals surface area contributed by atoms with Crippen LogP contribution in [0.4, 0.5) is 8.78 Å². The quantitative estimate of drug-likeness (QED) is 0.678. The normalized spacial score (nSPS) is 12.0. The van der Waals surface area contributed by atoms with Gasteiger partial charge in [-0.1, -0.05) is 18.2 Å². The molecule has 3 aromatic rings. The summed E-state index contributed by atoms with van der Waals surface area (Å²) in [6.07, 6.45) is -0.867. The Morgan fingerprint density at radius 3 is 2.42 bits per heavy atom. The third-order valence-corrected chi connectivity index (χ3v) is 3.19. The monoisotopic (exact) mass is 330 g/mol. The Kier molecular flexibility index (Phi) is 4.33. The van der Waals surface area contributed by atoms with Crippen molar-refractivity contribution >= 4 is 5.97 Å². The van der Waals surface area contributed by atoms with Gasteiger partial charge in [0.05, 0.1) is 5.56 Å². The molecule has 0 aliphatic heterocycles. The maximum atomic E-state index is 13.2. The van der Waals surface area contributed by atoms with E-state index in [9.17, 15) is 13.6 Å². The summed E-state index contributed by atoms with van der Waals surface area (Å²) in [6, 6.07) is 11.5. The van der Waals surface area contributed by atoms with Crippen LogP contribution in [0, 0.1) is 11.6 Å². The zero-order chi connectivity index (χ0) is 17.1. The van der Waals surface area contributed by atoms with E-state index in [-0.39, 0.29) is 17.3 Å². The summed E-state index contributed by atoms with van der Waals surface area (Å²) in [6.45, 7) is 1.52. The van der Waals surface area contributed by atoms with Gasteiger partial charge < -0.3 is 9.15 Å². The van der Waals surface area contributed by atoms with Gasteiger partial charge in [0.2, 0.25) is 5.89 Å². The Balaban J connectivity index is 1.74. The van der Waals surface area contributed by atoms with E-state index in [1.165, 1.54) is 6.92 Å². The maximum Gasteiger partial charge on any atom is 0.339 e. The van der Waals surface area contributed by atoms with E-state index in [1.54, 1.807) is 12.1 Å². The van der Waals surface area contributed by atoms with Crippen molar-refractivity contribution in [2.45, 2.75) is 13.0 Å². The van der Waals surface area contributed by atoms with Crippen molar-refractivity contribution in [2.75, 3.05) is 0 Å². The van der Waals surface area contributed by atoms with Crippen molar-refractivity contribution in [3.63, 3.8) is 0 Å². The molecule has 1 atom stereocenters. The summed E-state index contributed by atoms with van der Waals surface area (Å²) in [5.41, 5.74) is 0.490. The van der Waals surface area contributed by atoms with Crippen molar-refractivity contribution in [3.8, 4) is 11.5 Å². The second-order valence-corrected chi connectivity index (χ2v) is 5.02. The fraction of sp³-hybridized carbons (Fsp3) is 0.118. The highest BCUT2D eigenvalue weighted by Gasteiger charge is 2.20. The molecule has 24 heavy (non-hydrogen) atoms. The van der Waals surface area contributed by atoms with Gasteiger partial charge in [0.1, 0.15) is 11.6 Å². The van der Waals surface area contributed by atoms with Gasteiger partial charge in [0, 0.05) is 11.6 Å². The smallest absolute Gasteiger partial charge is 0.339 e. The minimum Gasteiger partial charge on any atom is -0.449 e. The van der Waals surface area contributed by atoms with Crippen LogP contribution in [0.25, 0.3) is 11.5 Å². The minimum absolute atomic E-state index is 0.0825. The first kappa shape index (κ1) is 15.8. The Morgan fingerprint density at radius 1 is 1.08 bits per heavy atom. The predicted molar refractivity (Wildman–Crippen MR) is 79.9 cm³/mol. The zero-order valence-corrected chi connectivity index (χ0v) is 12.6. The fourth-order valence-corrected chi connectivity index (χ4v) is 2.05. The molecule has 0 aliphatic rings. The van der Waals surface area contributed by atoms with E-state index in [4.69, 9.17) is 9.15 Å². The number of hydrogen-bond donors (Lipinski definition) is 0. The van der Waals surface area contributed by atoms with Crippen LogP contribution in [0.3, 0.4) is 0 Å². The lowest BCUT2D eigenvalue weighted by Gasteiger charge is -2.09. The molecule has 1 heterocycles. The summed E-state index contributed by atoms with van der Waals surface area (Å²) in [5, 5.41) is 7.72. The van der Waals surface area contributed by atoms with Gasteiger partial charge in [-0.3, -0.25) is 0 Å². The molecule has 0 unspecified atom stereocenters. The number of aromatic nitrogens is 2. The Morgan fingerprint density at radius 2 is 1.75 bits per heavy atom. The topological polar surface area (TPSA) is 65.2 Å². The first-order valence-corrected chi connectivity index (χ1v) is 7.09. The van der Waals surface area contributed by atoms with E-state index in [0.717, 1.165) is 17.7 Å². The summed E-state index contributed by atoms with van der Waals surface area (Å²) < 4.78 is 36.9. The van der Waals surface area contributed by atoms with Crippen LogP contribution in [0.2, 0.25) is 0 Å². The molecule has 2 aromatic carbocycles. The molecule has 0 radical (unpaired) electrons. The van der Waals surface area contributed by atoms with Crippen LogP contribution >= 0.6 is 0 Å². The van der Waals surface area contributed by atoms with Gasteiger partial charge in [0.15, 0.2) is 6.10 Å². The SMILES string of the molecule is C[C@H](OC(=O)c1cc(F)cc(F)c1)c1nnc(-c2ccccc2)o1. The minimum atomic E-state index is -0.889. The van der Waals surface area contributed by atoms with Crippen LogP contribution in [-0.2, 0) is 4.74 Å². The first-order valence-electron chi connectivity index (χ1n) is 7.09. The standard InChI is InChI=1S/C17H12F2N2O3/c1-10(23-17(22)12-7-13(18)9-14(19)8-12)15-20-21-16(24-15)11-5-3-2-4-6-11/h2-10H,1H3/t10-/m0/s1. The van der Waals surface area contributed by atoms with Crippen molar-refractivity contribution in [1.82, 2.24) is 10.2 Å². The first-order chi connectivity index (χ1) is 11.5. The Labute approximate surface area is 135 Å². The lowest BCUT2D eigenvalue weighted by atomic mass is 10.2. The van der Waals surface area contributed by atoms with E-state index in [2.05, 4.69) is 10.2 Å². The van der Waals surface area contributed by atoms with Gasteiger partial charge >= 0.3 is 5.97 Å². The number of esters is 1. The number of hydrogen-bond acceptors (Lipinski definition) is 5. The van der Waals surface area contributed by atoms with Crippen LogP contribution in [0.15, 0.2) is 52.9 Å². The van der Waals surface area contributed by atoms with Crippen LogP contribution in [-0.4, -0.2) is 16.2 Å². The summed E-state index contributed by atoms with van der Waals surface area (Å²) in [7, 11) is 0. The lowest BCUT2D eigenvalue weighted by Crippen LogP contribution is -2.10. The number of rotatable bonds is 4. The third-order valence-electron chi connectivity index (χ3n) is 3.19. The number of carbonyl (C=O) groups is 1. The van der Waals surface area contributed by atoms with E-state index < -0.39 is 23.7 Å². The maximum absolute atomic E-state index is 13.2. The van der Waals surface area contributed by atoms with E-state index >= 15 is 0 Å². The highest BCUT2D eigenvalue weighted by atomic mass is 19.1. The highest BCUT2D eigenvalue weighted by molar-refractivity contribution is 5.89. The molecule has 0 saturated carbocycles. The number of halogens is 2. The fourth-order valence-electron chi connectivity index (χ4n) is 2.05. The molecule has 5 nitrogen and oxygen atoms in total. The van der Waals surface area contributed by atoms with E-state index in [1.807, 2.05) is 18.2 Å². The average Bonchev–Trinajstić information content (AvgIpc) is 3.05. The Hall–Kier alpha value is -3.09. The number of ether oxygens (including phenoxy) is 1. The molecule has 0 bridgehead atoms. The molecule has 0 N–H and O–H groups in total. The highest BCUT2D eigenvalue weighted by Crippen LogP contribution is 2.23. The third kappa shape index (κ3) is 3.45. The molecule has 0 aliphatic carbocycles. The summed E-state index contributed by atoms with van der Waals surface area (Å²) in [5.74, 6) is -2.25. The second kappa shape index (κ2) is 6.57. The zero-order valence-electron chi connectivity index (χ0n) is 12.6. The molecular weight excluding hydrogens is 318 g/mol. The Bertz CT molecular complexity index is 845. The molecule has 0 saturated heterocycles. The molecule has 0 fully saturated rings. The summed E-state index contributed by atoms with van der Waals surface area (Å²) in [4.78, 5) is 12.0. The molecule has 7 heteroatoms. The van der Waals surface area contributed by atoms with Crippen LogP contribution in [0.1, 0.15) is 29.3 Å². The number of nitrogens with zero attached hydrogens (tertiary/aromatic N) is 2. The largest absolute Gasteiger partial charge is 0.449 e. The van der Waals surface area contributed by atoms with Crippen molar-refractivity contribution in [3.05, 3.63) is 71.6 Å². The molecule has 0 amide bonds. The molecule has 1 aromatic heterocycles. The van der Waals surface area contributed by atoms with Crippen LogP contribution in [0.5, 0.6) is 0 Å². The van der Waals surface area contributed by atoms with Gasteiger partial charge in [-0.05, 0) is 31.2 Å². The predicted octanol–water partition coefficient (Wildman–Crippen LogP) is 3.93. The van der Waals surface area contributed by atoms with Gasteiger partial charge in [-0.2, -0.15) is 0 Å². The van der Waals surface area contributed by atoms with E-state index in [0.29, 0.717) is 6.07 Å². The molecule has 0 spiro atoms. The van der Waals surface area contributed by atoms with Gasteiger partial charge in [-0.15, -0.1) is 10.2 Å². The molecule has 122 valence electrons. The van der Waals surface area contributed by atoms with Crippen molar-refractivity contribution in [2.24, 2.45) is 0 Å². The van der Waals surface area contributed by atoms with Crippen molar-refractivity contribution < 1.29 is 22.7 Å².